The third-order valence-electron chi connectivity index (χ3n) is 3.84. The molecule has 5 nitrogen and oxygen atoms in total. The van der Waals surface area contributed by atoms with Crippen LogP contribution in [0.25, 0.3) is 0 Å². The molecule has 0 heterocycles. The molecule has 0 aliphatic heterocycles. The molecule has 0 unspecified atom stereocenters. The molecule has 2 aromatic carbocycles. The van der Waals surface area contributed by atoms with E-state index in [9.17, 15) is 14.4 Å². The van der Waals surface area contributed by atoms with Gasteiger partial charge in [0, 0.05) is 17.5 Å². The summed E-state index contributed by atoms with van der Waals surface area (Å²) in [4.78, 5) is 39.3. The zero-order valence-electron chi connectivity index (χ0n) is 15.0. The van der Waals surface area contributed by atoms with Gasteiger partial charge >= 0.3 is 5.97 Å². The number of carbonyl (C=O) groups is 3. The number of hydrogen-bond donors (Lipinski definition) is 0. The summed E-state index contributed by atoms with van der Waals surface area (Å²) in [6.07, 6.45) is 1.63. The Balaban J connectivity index is 2.24. The summed E-state index contributed by atoms with van der Waals surface area (Å²) in [6.45, 7) is 1.97. The van der Waals surface area contributed by atoms with Gasteiger partial charge in [0.05, 0.1) is 24.3 Å². The predicted octanol–water partition coefficient (Wildman–Crippen LogP) is 3.82. The molecular formula is C20H21NO4S. The Morgan fingerprint density at radius 3 is 2.38 bits per heavy atom. The Bertz CT molecular complexity index is 805. The second-order valence-electron chi connectivity index (χ2n) is 5.52. The molecule has 0 radical (unpaired) electrons. The van der Waals surface area contributed by atoms with Crippen LogP contribution in [0.5, 0.6) is 0 Å². The zero-order valence-corrected chi connectivity index (χ0v) is 15.8. The van der Waals surface area contributed by atoms with Crippen LogP contribution < -0.4 is 4.90 Å². The van der Waals surface area contributed by atoms with Gasteiger partial charge in [0.1, 0.15) is 0 Å². The van der Waals surface area contributed by atoms with Gasteiger partial charge in [-0.3, -0.25) is 9.59 Å². The Labute approximate surface area is 157 Å². The molecule has 2 aromatic rings. The third kappa shape index (κ3) is 4.73. The van der Waals surface area contributed by atoms with Gasteiger partial charge in [-0.15, -0.1) is 11.8 Å². The summed E-state index contributed by atoms with van der Waals surface area (Å²) in [5, 5.41) is 0. The highest BCUT2D eigenvalue weighted by molar-refractivity contribution is 7.98. The monoisotopic (exact) mass is 371 g/mol. The average Bonchev–Trinajstić information content (AvgIpc) is 2.67. The Morgan fingerprint density at radius 2 is 1.77 bits per heavy atom. The number of rotatable bonds is 7. The predicted molar refractivity (Wildman–Crippen MR) is 103 cm³/mol. The van der Waals surface area contributed by atoms with Crippen molar-refractivity contribution in [2.75, 3.05) is 24.8 Å². The summed E-state index contributed by atoms with van der Waals surface area (Å²) >= 11 is 1.49. The Hall–Kier alpha value is -2.60. The van der Waals surface area contributed by atoms with E-state index in [2.05, 4.69) is 0 Å². The molecule has 0 saturated heterocycles. The minimum Gasteiger partial charge on any atom is -0.462 e. The Morgan fingerprint density at radius 1 is 1.08 bits per heavy atom. The molecule has 26 heavy (non-hydrogen) atoms. The van der Waals surface area contributed by atoms with E-state index in [1.54, 1.807) is 50.4 Å². The number of anilines is 1. The summed E-state index contributed by atoms with van der Waals surface area (Å²) < 4.78 is 5.10. The lowest BCUT2D eigenvalue weighted by Crippen LogP contribution is -2.30. The minimum absolute atomic E-state index is 0.242. The van der Waals surface area contributed by atoms with Gasteiger partial charge in [0.25, 0.3) is 0 Å². The van der Waals surface area contributed by atoms with Crippen molar-refractivity contribution >= 4 is 35.1 Å². The van der Waals surface area contributed by atoms with Gasteiger partial charge in [0.2, 0.25) is 5.91 Å². The smallest absolute Gasteiger partial charge is 0.340 e. The minimum atomic E-state index is -0.493. The second-order valence-corrected chi connectivity index (χ2v) is 6.40. The first-order valence-corrected chi connectivity index (χ1v) is 9.40. The van der Waals surface area contributed by atoms with E-state index in [0.29, 0.717) is 16.8 Å². The van der Waals surface area contributed by atoms with Gasteiger partial charge < -0.3 is 9.64 Å². The third-order valence-corrected chi connectivity index (χ3v) is 4.57. The maximum Gasteiger partial charge on any atom is 0.340 e. The molecule has 1 amide bonds. The van der Waals surface area contributed by atoms with E-state index in [1.807, 2.05) is 18.4 Å². The number of nitrogens with zero attached hydrogens (tertiary/aromatic N) is 1. The molecule has 0 spiro atoms. The van der Waals surface area contributed by atoms with Gasteiger partial charge in [-0.25, -0.2) is 4.79 Å². The van der Waals surface area contributed by atoms with Crippen LogP contribution in [-0.4, -0.2) is 37.6 Å². The van der Waals surface area contributed by atoms with Crippen molar-refractivity contribution in [3.05, 3.63) is 59.7 Å². The molecule has 6 heteroatoms. The molecule has 0 saturated carbocycles. The summed E-state index contributed by atoms with van der Waals surface area (Å²) in [5.74, 6) is -1.14. The fourth-order valence-corrected chi connectivity index (χ4v) is 2.86. The highest BCUT2D eigenvalue weighted by Gasteiger charge is 2.22. The maximum absolute atomic E-state index is 12.6. The number of esters is 1. The van der Waals surface area contributed by atoms with Crippen LogP contribution in [-0.2, 0) is 9.53 Å². The average molecular weight is 371 g/mol. The van der Waals surface area contributed by atoms with Crippen LogP contribution >= 0.6 is 11.8 Å². The Kier molecular flexibility index (Phi) is 6.97. The van der Waals surface area contributed by atoms with Crippen molar-refractivity contribution in [2.24, 2.45) is 0 Å². The molecule has 0 atom stereocenters. The van der Waals surface area contributed by atoms with Crippen LogP contribution in [0.1, 0.15) is 34.1 Å². The highest BCUT2D eigenvalue weighted by Crippen LogP contribution is 2.27. The molecule has 0 bridgehead atoms. The molecule has 0 fully saturated rings. The molecular weight excluding hydrogens is 350 g/mol. The van der Waals surface area contributed by atoms with Crippen molar-refractivity contribution in [3.63, 3.8) is 0 Å². The van der Waals surface area contributed by atoms with Crippen molar-refractivity contribution in [2.45, 2.75) is 18.2 Å². The highest BCUT2D eigenvalue weighted by atomic mass is 32.2. The number of amides is 1. The van der Waals surface area contributed by atoms with Gasteiger partial charge in [-0.2, -0.15) is 0 Å². The number of benzene rings is 2. The SMILES string of the molecule is CCOC(=O)c1cc(SC)ccc1N(C)C(=O)CC(=O)c1ccccc1. The van der Waals surface area contributed by atoms with E-state index in [1.165, 1.54) is 16.7 Å². The van der Waals surface area contributed by atoms with E-state index >= 15 is 0 Å². The number of ether oxygens (including phenoxy) is 1. The topological polar surface area (TPSA) is 63.7 Å². The zero-order chi connectivity index (χ0) is 19.1. The summed E-state index contributed by atoms with van der Waals surface area (Å²) in [7, 11) is 1.55. The first kappa shape index (κ1) is 19.7. The van der Waals surface area contributed by atoms with Gasteiger partial charge in [-0.1, -0.05) is 30.3 Å². The number of ketones is 1. The van der Waals surface area contributed by atoms with Crippen LogP contribution in [0.4, 0.5) is 5.69 Å². The lowest BCUT2D eigenvalue weighted by molar-refractivity contribution is -0.117. The first-order valence-electron chi connectivity index (χ1n) is 8.17. The largest absolute Gasteiger partial charge is 0.462 e. The molecule has 0 N–H and O–H groups in total. The molecule has 136 valence electrons. The molecule has 0 aliphatic carbocycles. The lowest BCUT2D eigenvalue weighted by Gasteiger charge is -2.20. The van der Waals surface area contributed by atoms with Gasteiger partial charge in [-0.05, 0) is 31.4 Å². The number of Topliss-reactive ketones (excluding diaryl/α,β-unsaturated/α-hetero) is 1. The van der Waals surface area contributed by atoms with Crippen LogP contribution in [0.15, 0.2) is 53.4 Å². The van der Waals surface area contributed by atoms with E-state index in [0.717, 1.165) is 4.90 Å². The second kappa shape index (κ2) is 9.20. The maximum atomic E-state index is 12.6. The first-order chi connectivity index (χ1) is 12.5. The number of carbonyl (C=O) groups excluding carboxylic acids is 3. The van der Waals surface area contributed by atoms with E-state index in [4.69, 9.17) is 4.74 Å². The van der Waals surface area contributed by atoms with Crippen LogP contribution in [0.2, 0.25) is 0 Å². The van der Waals surface area contributed by atoms with E-state index < -0.39 is 5.97 Å². The van der Waals surface area contributed by atoms with E-state index in [-0.39, 0.29) is 24.7 Å². The van der Waals surface area contributed by atoms with Crippen LogP contribution in [0, 0.1) is 0 Å². The number of hydrogen-bond acceptors (Lipinski definition) is 5. The van der Waals surface area contributed by atoms with Crippen LogP contribution in [0.3, 0.4) is 0 Å². The molecule has 2 rings (SSSR count). The van der Waals surface area contributed by atoms with Crippen molar-refractivity contribution in [3.8, 4) is 0 Å². The molecule has 0 aromatic heterocycles. The quantitative estimate of drug-likeness (QED) is 0.320. The fourth-order valence-electron chi connectivity index (χ4n) is 2.42. The van der Waals surface area contributed by atoms with Gasteiger partial charge in [0.15, 0.2) is 5.78 Å². The van der Waals surface area contributed by atoms with Crippen molar-refractivity contribution in [1.82, 2.24) is 0 Å². The molecule has 0 aliphatic rings. The standard InChI is InChI=1S/C20H21NO4S/c1-4-25-20(24)16-12-15(26-3)10-11-17(16)21(2)19(23)13-18(22)14-8-6-5-7-9-14/h5-12H,4,13H2,1-3H3. The van der Waals surface area contributed by atoms with Crippen molar-refractivity contribution < 1.29 is 19.1 Å². The summed E-state index contributed by atoms with van der Waals surface area (Å²) in [5.41, 5.74) is 1.21. The summed E-state index contributed by atoms with van der Waals surface area (Å²) in [6, 6.07) is 13.9. The van der Waals surface area contributed by atoms with Crippen molar-refractivity contribution in [1.29, 1.82) is 0 Å². The normalized spacial score (nSPS) is 10.3. The lowest BCUT2D eigenvalue weighted by atomic mass is 10.1. The fraction of sp³-hybridized carbons (Fsp3) is 0.250. The number of thioether (sulfide) groups is 1.